The second-order valence-corrected chi connectivity index (χ2v) is 3.93. The highest BCUT2D eigenvalue weighted by Gasteiger charge is 2.04. The monoisotopic (exact) mass is 237 g/mol. The zero-order valence-corrected chi connectivity index (χ0v) is 9.67. The van der Waals surface area contributed by atoms with Gasteiger partial charge in [0.1, 0.15) is 11.6 Å². The summed E-state index contributed by atoms with van der Waals surface area (Å²) in [5.41, 5.74) is 2.27. The number of rotatable bonds is 3. The van der Waals surface area contributed by atoms with Gasteiger partial charge in [0.2, 0.25) is 0 Å². The van der Waals surface area contributed by atoms with Crippen LogP contribution in [0.15, 0.2) is 24.4 Å². The first kappa shape index (κ1) is 11.6. The van der Waals surface area contributed by atoms with Crippen LogP contribution < -0.4 is 5.32 Å². The number of halogens is 2. The molecule has 17 heavy (non-hydrogen) atoms. The lowest BCUT2D eigenvalue weighted by Gasteiger charge is -2.05. The number of hydrogen-bond acceptors (Lipinski definition) is 2. The van der Waals surface area contributed by atoms with E-state index in [-0.39, 0.29) is 0 Å². The van der Waals surface area contributed by atoms with E-state index in [4.69, 9.17) is 0 Å². The fraction of sp³-hybridized carbons (Fsp3) is 0.250. The van der Waals surface area contributed by atoms with Crippen molar-refractivity contribution >= 4 is 5.69 Å². The SMILES string of the molecule is Cc1nn(C)cc1NCc1cc(F)cc(F)c1. The van der Waals surface area contributed by atoms with Crippen molar-refractivity contribution in [2.24, 2.45) is 7.05 Å². The second kappa shape index (κ2) is 4.53. The predicted molar refractivity (Wildman–Crippen MR) is 61.6 cm³/mol. The third-order valence-corrected chi connectivity index (χ3v) is 2.42. The normalized spacial score (nSPS) is 10.6. The second-order valence-electron chi connectivity index (χ2n) is 3.93. The Morgan fingerprint density at radius 2 is 1.88 bits per heavy atom. The topological polar surface area (TPSA) is 29.9 Å². The largest absolute Gasteiger partial charge is 0.378 e. The van der Waals surface area contributed by atoms with Crippen molar-refractivity contribution in [3.63, 3.8) is 0 Å². The molecule has 1 N–H and O–H groups in total. The summed E-state index contributed by atoms with van der Waals surface area (Å²) in [5.74, 6) is -1.13. The molecule has 0 radical (unpaired) electrons. The minimum atomic E-state index is -0.565. The number of nitrogens with one attached hydrogen (secondary N) is 1. The highest BCUT2D eigenvalue weighted by molar-refractivity contribution is 5.46. The lowest BCUT2D eigenvalue weighted by Crippen LogP contribution is -2.00. The number of hydrogen-bond donors (Lipinski definition) is 1. The number of nitrogens with zero attached hydrogens (tertiary/aromatic N) is 2. The number of aromatic nitrogens is 2. The zero-order chi connectivity index (χ0) is 12.4. The molecule has 90 valence electrons. The fourth-order valence-electron chi connectivity index (χ4n) is 1.68. The molecule has 2 aromatic rings. The maximum absolute atomic E-state index is 13.0. The van der Waals surface area contributed by atoms with Crippen LogP contribution >= 0.6 is 0 Å². The lowest BCUT2D eigenvalue weighted by atomic mass is 10.2. The number of aryl methyl sites for hydroxylation is 2. The summed E-state index contributed by atoms with van der Waals surface area (Å²) in [5, 5.41) is 7.25. The Balaban J connectivity index is 2.09. The standard InChI is InChI=1S/C12H13F2N3/c1-8-12(7-17(2)16-8)15-6-9-3-10(13)5-11(14)4-9/h3-5,7,15H,6H2,1-2H3. The van der Waals surface area contributed by atoms with Crippen LogP contribution in [0.3, 0.4) is 0 Å². The molecule has 1 heterocycles. The maximum atomic E-state index is 13.0. The van der Waals surface area contributed by atoms with Gasteiger partial charge in [0, 0.05) is 25.9 Å². The molecule has 0 unspecified atom stereocenters. The molecular formula is C12H13F2N3. The molecule has 5 heteroatoms. The Morgan fingerprint density at radius 3 is 2.41 bits per heavy atom. The van der Waals surface area contributed by atoms with Crippen molar-refractivity contribution in [2.45, 2.75) is 13.5 Å². The van der Waals surface area contributed by atoms with Crippen LogP contribution in [0.4, 0.5) is 14.5 Å². The molecule has 0 saturated heterocycles. The third-order valence-electron chi connectivity index (χ3n) is 2.42. The minimum Gasteiger partial charge on any atom is -0.378 e. The molecule has 0 spiro atoms. The lowest BCUT2D eigenvalue weighted by molar-refractivity contribution is 0.580. The molecule has 0 aliphatic carbocycles. The summed E-state index contributed by atoms with van der Waals surface area (Å²) in [4.78, 5) is 0. The van der Waals surface area contributed by atoms with Crippen molar-refractivity contribution < 1.29 is 8.78 Å². The molecule has 2 rings (SSSR count). The number of anilines is 1. The van der Waals surface area contributed by atoms with Crippen LogP contribution in [-0.2, 0) is 13.6 Å². The first-order valence-corrected chi connectivity index (χ1v) is 5.23. The molecule has 0 amide bonds. The summed E-state index contributed by atoms with van der Waals surface area (Å²) < 4.78 is 27.6. The van der Waals surface area contributed by atoms with Gasteiger partial charge in [-0.15, -0.1) is 0 Å². The molecule has 0 fully saturated rings. The summed E-state index contributed by atoms with van der Waals surface area (Å²) in [6, 6.07) is 3.47. The van der Waals surface area contributed by atoms with E-state index in [0.717, 1.165) is 17.4 Å². The average Bonchev–Trinajstić information content (AvgIpc) is 2.53. The van der Waals surface area contributed by atoms with E-state index in [2.05, 4.69) is 10.4 Å². The van der Waals surface area contributed by atoms with E-state index < -0.39 is 11.6 Å². The van der Waals surface area contributed by atoms with Crippen molar-refractivity contribution in [1.82, 2.24) is 9.78 Å². The highest BCUT2D eigenvalue weighted by atomic mass is 19.1. The summed E-state index contributed by atoms with van der Waals surface area (Å²) in [6.45, 7) is 2.23. The summed E-state index contributed by atoms with van der Waals surface area (Å²) in [7, 11) is 1.82. The van der Waals surface area contributed by atoms with Gasteiger partial charge in [0.15, 0.2) is 0 Å². The van der Waals surface area contributed by atoms with Gasteiger partial charge in [-0.25, -0.2) is 8.78 Å². The van der Waals surface area contributed by atoms with E-state index in [1.807, 2.05) is 20.2 Å². The third kappa shape index (κ3) is 2.81. The Hall–Kier alpha value is -1.91. The van der Waals surface area contributed by atoms with Gasteiger partial charge in [0.25, 0.3) is 0 Å². The van der Waals surface area contributed by atoms with E-state index in [1.165, 1.54) is 12.1 Å². The van der Waals surface area contributed by atoms with Gasteiger partial charge in [-0.2, -0.15) is 5.10 Å². The predicted octanol–water partition coefficient (Wildman–Crippen LogP) is 2.62. The van der Waals surface area contributed by atoms with E-state index in [0.29, 0.717) is 12.1 Å². The molecule has 1 aromatic heterocycles. The van der Waals surface area contributed by atoms with Gasteiger partial charge >= 0.3 is 0 Å². The van der Waals surface area contributed by atoms with E-state index in [1.54, 1.807) is 4.68 Å². The van der Waals surface area contributed by atoms with Crippen LogP contribution in [0.1, 0.15) is 11.3 Å². The smallest absolute Gasteiger partial charge is 0.126 e. The average molecular weight is 237 g/mol. The molecule has 1 aromatic carbocycles. The van der Waals surface area contributed by atoms with Crippen molar-refractivity contribution in [3.05, 3.63) is 47.3 Å². The number of benzene rings is 1. The van der Waals surface area contributed by atoms with E-state index in [9.17, 15) is 8.78 Å². The van der Waals surface area contributed by atoms with Crippen LogP contribution in [0, 0.1) is 18.6 Å². The molecule has 3 nitrogen and oxygen atoms in total. The molecule has 0 saturated carbocycles. The summed E-state index contributed by atoms with van der Waals surface area (Å²) >= 11 is 0. The quantitative estimate of drug-likeness (QED) is 0.889. The first-order chi connectivity index (χ1) is 8.04. The fourth-order valence-corrected chi connectivity index (χ4v) is 1.68. The van der Waals surface area contributed by atoms with Crippen molar-refractivity contribution in [1.29, 1.82) is 0 Å². The highest BCUT2D eigenvalue weighted by Crippen LogP contribution is 2.14. The van der Waals surface area contributed by atoms with Gasteiger partial charge in [-0.05, 0) is 24.6 Å². The molecule has 0 aliphatic heterocycles. The van der Waals surface area contributed by atoms with Crippen molar-refractivity contribution in [3.8, 4) is 0 Å². The summed E-state index contributed by atoms with van der Waals surface area (Å²) in [6.07, 6.45) is 1.82. The first-order valence-electron chi connectivity index (χ1n) is 5.23. The van der Waals surface area contributed by atoms with Gasteiger partial charge in [-0.1, -0.05) is 0 Å². The maximum Gasteiger partial charge on any atom is 0.126 e. The van der Waals surface area contributed by atoms with Crippen molar-refractivity contribution in [2.75, 3.05) is 5.32 Å². The Morgan fingerprint density at radius 1 is 1.24 bits per heavy atom. The molecule has 0 bridgehead atoms. The molecule has 0 atom stereocenters. The van der Waals surface area contributed by atoms with Crippen LogP contribution in [0.25, 0.3) is 0 Å². The van der Waals surface area contributed by atoms with Gasteiger partial charge < -0.3 is 5.32 Å². The van der Waals surface area contributed by atoms with E-state index >= 15 is 0 Å². The Labute approximate surface area is 98.1 Å². The van der Waals surface area contributed by atoms with Crippen LogP contribution in [-0.4, -0.2) is 9.78 Å². The van der Waals surface area contributed by atoms with Crippen LogP contribution in [0.2, 0.25) is 0 Å². The Kier molecular flexibility index (Phi) is 3.08. The molecule has 0 aliphatic rings. The Bertz CT molecular complexity index is 514. The molecular weight excluding hydrogens is 224 g/mol. The zero-order valence-electron chi connectivity index (χ0n) is 9.67. The van der Waals surface area contributed by atoms with Gasteiger partial charge in [-0.3, -0.25) is 4.68 Å². The minimum absolute atomic E-state index is 0.362. The van der Waals surface area contributed by atoms with Crippen LogP contribution in [0.5, 0.6) is 0 Å². The van der Waals surface area contributed by atoms with Gasteiger partial charge in [0.05, 0.1) is 11.4 Å².